The Kier molecular flexibility index (Phi) is 4.76. The number of alkyl halides is 3. The van der Waals surface area contributed by atoms with Crippen LogP contribution in [0.15, 0.2) is 41.3 Å². The summed E-state index contributed by atoms with van der Waals surface area (Å²) in [5.41, 5.74) is 0.846. The van der Waals surface area contributed by atoms with Crippen molar-refractivity contribution >= 4 is 11.6 Å². The molecule has 4 heterocycles. The topological polar surface area (TPSA) is 98.7 Å². The molecule has 0 spiro atoms. The van der Waals surface area contributed by atoms with E-state index in [1.54, 1.807) is 19.2 Å². The predicted octanol–water partition coefficient (Wildman–Crippen LogP) is 3.36. The molecule has 5 rings (SSSR count). The molecule has 0 saturated heterocycles. The first-order valence-corrected chi connectivity index (χ1v) is 9.67. The van der Waals surface area contributed by atoms with Crippen molar-refractivity contribution in [3.05, 3.63) is 59.6 Å². The quantitative estimate of drug-likeness (QED) is 0.421. The highest BCUT2D eigenvalue weighted by atomic mass is 19.4. The van der Waals surface area contributed by atoms with E-state index in [0.29, 0.717) is 5.65 Å². The number of carbonyl (C=O) groups is 1. The second kappa shape index (κ2) is 7.53. The molecule has 1 aromatic carbocycles. The van der Waals surface area contributed by atoms with Gasteiger partial charge in [0.15, 0.2) is 5.65 Å². The van der Waals surface area contributed by atoms with E-state index >= 15 is 4.39 Å². The number of fused-ring (bicyclic) bond motifs is 2. The summed E-state index contributed by atoms with van der Waals surface area (Å²) in [6.45, 7) is 1.63. The van der Waals surface area contributed by atoms with Gasteiger partial charge in [-0.15, -0.1) is 0 Å². The molecule has 1 aliphatic heterocycles. The van der Waals surface area contributed by atoms with Crippen molar-refractivity contribution in [2.75, 3.05) is 6.61 Å². The van der Waals surface area contributed by atoms with Crippen LogP contribution in [-0.2, 0) is 12.7 Å². The van der Waals surface area contributed by atoms with E-state index in [0.717, 1.165) is 6.07 Å². The number of benzene rings is 1. The Labute approximate surface area is 182 Å². The Morgan fingerprint density at radius 3 is 2.85 bits per heavy atom. The van der Waals surface area contributed by atoms with Gasteiger partial charge in [0, 0.05) is 29.6 Å². The van der Waals surface area contributed by atoms with Gasteiger partial charge in [-0.2, -0.15) is 23.3 Å². The van der Waals surface area contributed by atoms with Crippen molar-refractivity contribution in [3.63, 3.8) is 0 Å². The molecule has 4 aromatic rings. The molecular weight excluding hydrogens is 448 g/mol. The van der Waals surface area contributed by atoms with Crippen molar-refractivity contribution < 1.29 is 31.6 Å². The third-order valence-electron chi connectivity index (χ3n) is 5.18. The van der Waals surface area contributed by atoms with E-state index in [4.69, 9.17) is 4.74 Å². The van der Waals surface area contributed by atoms with Gasteiger partial charge in [-0.05, 0) is 19.1 Å². The van der Waals surface area contributed by atoms with Crippen molar-refractivity contribution in [3.8, 4) is 17.1 Å². The maximum Gasteiger partial charge on any atom is 0.471 e. The maximum absolute atomic E-state index is 15.0. The zero-order valence-corrected chi connectivity index (χ0v) is 16.9. The number of amides is 1. The molecule has 1 aliphatic rings. The first-order chi connectivity index (χ1) is 15.7. The van der Waals surface area contributed by atoms with E-state index in [9.17, 15) is 18.0 Å². The highest BCUT2D eigenvalue weighted by molar-refractivity contribution is 5.94. The van der Waals surface area contributed by atoms with Crippen LogP contribution in [0.2, 0.25) is 0 Å². The standard InChI is InChI=1S/C20H14F4N6O3/c1-10-9-32-15-5-11(17-27-19(33-28-17)20(22,23)24)4-14(21)13(15)8-29(10)18(31)12-6-25-16-2-3-26-30(16)7-12/h2-7,10H,8-9H2,1H3/t10-/m0/s1. The summed E-state index contributed by atoms with van der Waals surface area (Å²) in [7, 11) is 0. The summed E-state index contributed by atoms with van der Waals surface area (Å²) in [4.78, 5) is 22.0. The minimum Gasteiger partial charge on any atom is -0.491 e. The average molecular weight is 462 g/mol. The number of hydrogen-bond acceptors (Lipinski definition) is 7. The SMILES string of the molecule is C[C@H]1COc2cc(-c3noc(C(F)(F)F)n3)cc(F)c2CN1C(=O)c1cnc2ccnn2c1. The van der Waals surface area contributed by atoms with Crippen LogP contribution in [0.5, 0.6) is 5.75 Å². The van der Waals surface area contributed by atoms with Gasteiger partial charge in [0.25, 0.3) is 5.91 Å². The molecule has 1 amide bonds. The summed E-state index contributed by atoms with van der Waals surface area (Å²) in [5, 5.41) is 7.34. The number of hydrogen-bond donors (Lipinski definition) is 0. The number of aromatic nitrogens is 5. The fourth-order valence-electron chi connectivity index (χ4n) is 3.46. The first kappa shape index (κ1) is 20.8. The van der Waals surface area contributed by atoms with Gasteiger partial charge in [-0.3, -0.25) is 4.79 Å². The average Bonchev–Trinajstić information content (AvgIpc) is 3.42. The van der Waals surface area contributed by atoms with Crippen molar-refractivity contribution in [2.45, 2.75) is 25.7 Å². The molecule has 0 aliphatic carbocycles. The summed E-state index contributed by atoms with van der Waals surface area (Å²) in [6.07, 6.45) is -0.343. The Balaban J connectivity index is 1.47. The second-order valence-electron chi connectivity index (χ2n) is 7.43. The van der Waals surface area contributed by atoms with Crippen LogP contribution in [0.25, 0.3) is 17.0 Å². The van der Waals surface area contributed by atoms with Gasteiger partial charge in [-0.25, -0.2) is 13.9 Å². The number of rotatable bonds is 2. The Bertz CT molecular complexity index is 1370. The van der Waals surface area contributed by atoms with Crippen molar-refractivity contribution in [2.24, 2.45) is 0 Å². The molecular formula is C20H14F4N6O3. The maximum atomic E-state index is 15.0. The molecule has 0 unspecified atom stereocenters. The number of carbonyl (C=O) groups excluding carboxylic acids is 1. The number of ether oxygens (including phenoxy) is 1. The molecule has 1 atom stereocenters. The summed E-state index contributed by atoms with van der Waals surface area (Å²) in [6, 6.07) is 3.54. The lowest BCUT2D eigenvalue weighted by Crippen LogP contribution is -2.40. The Morgan fingerprint density at radius 1 is 1.27 bits per heavy atom. The van der Waals surface area contributed by atoms with Crippen LogP contribution >= 0.6 is 0 Å². The fourth-order valence-corrected chi connectivity index (χ4v) is 3.46. The third kappa shape index (κ3) is 3.75. The van der Waals surface area contributed by atoms with Crippen molar-refractivity contribution in [1.82, 2.24) is 29.6 Å². The zero-order valence-electron chi connectivity index (χ0n) is 16.9. The van der Waals surface area contributed by atoms with E-state index in [-0.39, 0.29) is 35.6 Å². The highest BCUT2D eigenvalue weighted by Crippen LogP contribution is 2.34. The van der Waals surface area contributed by atoms with Gasteiger partial charge >= 0.3 is 12.1 Å². The molecule has 3 aromatic heterocycles. The van der Waals surface area contributed by atoms with Crippen LogP contribution in [0.3, 0.4) is 0 Å². The molecule has 9 nitrogen and oxygen atoms in total. The summed E-state index contributed by atoms with van der Waals surface area (Å²) >= 11 is 0. The van der Waals surface area contributed by atoms with E-state index in [1.165, 1.54) is 27.9 Å². The Hall–Kier alpha value is -4.03. The molecule has 170 valence electrons. The predicted molar refractivity (Wildman–Crippen MR) is 103 cm³/mol. The molecule has 13 heteroatoms. The number of halogens is 4. The molecule has 0 radical (unpaired) electrons. The molecule has 0 bridgehead atoms. The second-order valence-corrected chi connectivity index (χ2v) is 7.43. The van der Waals surface area contributed by atoms with E-state index in [2.05, 4.69) is 24.7 Å². The zero-order chi connectivity index (χ0) is 23.3. The van der Waals surface area contributed by atoms with E-state index < -0.39 is 35.7 Å². The van der Waals surface area contributed by atoms with Gasteiger partial charge in [0.1, 0.15) is 18.2 Å². The largest absolute Gasteiger partial charge is 0.491 e. The minimum atomic E-state index is -4.82. The summed E-state index contributed by atoms with van der Waals surface area (Å²) < 4.78 is 64.6. The van der Waals surface area contributed by atoms with Gasteiger partial charge in [0.2, 0.25) is 5.82 Å². The van der Waals surface area contributed by atoms with Crippen LogP contribution < -0.4 is 4.74 Å². The highest BCUT2D eigenvalue weighted by Gasteiger charge is 2.39. The molecule has 33 heavy (non-hydrogen) atoms. The van der Waals surface area contributed by atoms with Crippen LogP contribution in [-0.4, -0.2) is 48.2 Å². The fraction of sp³-hybridized carbons (Fsp3) is 0.250. The first-order valence-electron chi connectivity index (χ1n) is 9.67. The number of nitrogens with zero attached hydrogens (tertiary/aromatic N) is 6. The molecule has 0 saturated carbocycles. The van der Waals surface area contributed by atoms with Crippen LogP contribution in [0.1, 0.15) is 28.7 Å². The van der Waals surface area contributed by atoms with Gasteiger partial charge < -0.3 is 14.2 Å². The van der Waals surface area contributed by atoms with E-state index in [1.807, 2.05) is 0 Å². The van der Waals surface area contributed by atoms with Crippen molar-refractivity contribution in [1.29, 1.82) is 0 Å². The monoisotopic (exact) mass is 462 g/mol. The Morgan fingerprint density at radius 2 is 2.09 bits per heavy atom. The third-order valence-corrected chi connectivity index (χ3v) is 5.18. The lowest BCUT2D eigenvalue weighted by atomic mass is 10.1. The lowest BCUT2D eigenvalue weighted by molar-refractivity contribution is -0.159. The smallest absolute Gasteiger partial charge is 0.471 e. The minimum absolute atomic E-state index is 0.0269. The molecule has 0 fully saturated rings. The molecule has 0 N–H and O–H groups in total. The normalized spacial score (nSPS) is 16.4. The summed E-state index contributed by atoms with van der Waals surface area (Å²) in [5.74, 6) is -3.08. The lowest BCUT2D eigenvalue weighted by Gasteiger charge is -2.26. The van der Waals surface area contributed by atoms with Crippen LogP contribution in [0.4, 0.5) is 17.6 Å². The van der Waals surface area contributed by atoms with Gasteiger partial charge in [-0.1, -0.05) is 5.16 Å². The van der Waals surface area contributed by atoms with Crippen LogP contribution in [0, 0.1) is 5.82 Å². The van der Waals surface area contributed by atoms with Gasteiger partial charge in [0.05, 0.1) is 24.3 Å².